The van der Waals surface area contributed by atoms with Crippen LogP contribution in [0.5, 0.6) is 0 Å². The molecule has 1 saturated heterocycles. The minimum absolute atomic E-state index is 0.121. The zero-order chi connectivity index (χ0) is 22.1. The molecule has 2 atom stereocenters. The molecule has 0 aliphatic carbocycles. The zero-order valence-corrected chi connectivity index (χ0v) is 18.4. The van der Waals surface area contributed by atoms with Gasteiger partial charge in [-0.25, -0.2) is 0 Å². The standard InChI is InChI=1S/C22H26ClN5O3/c1-3-13-7-4-5-10-28(13)22-26-19-18(21(31)27-22)14(11-17(29)25-19)20(30)24-16-9-6-8-15(23)12(16)2/h6,8-9,13-14H,3-5,7,10-11H2,1-2H3,(H,24,30)(H2,25,26,27,29,31). The van der Waals surface area contributed by atoms with Crippen molar-refractivity contribution in [1.29, 1.82) is 0 Å². The van der Waals surface area contributed by atoms with Crippen LogP contribution in [0.4, 0.5) is 17.5 Å². The van der Waals surface area contributed by atoms with Gasteiger partial charge in [0.15, 0.2) is 0 Å². The molecule has 1 aromatic heterocycles. The number of hydrogen-bond acceptors (Lipinski definition) is 5. The third-order valence-electron chi connectivity index (χ3n) is 6.15. The number of piperidine rings is 1. The summed E-state index contributed by atoms with van der Waals surface area (Å²) < 4.78 is 0. The Labute approximate surface area is 185 Å². The van der Waals surface area contributed by atoms with E-state index in [0.717, 1.165) is 37.8 Å². The number of nitrogens with one attached hydrogen (secondary N) is 3. The fourth-order valence-corrected chi connectivity index (χ4v) is 4.56. The Hall–Kier alpha value is -2.87. The summed E-state index contributed by atoms with van der Waals surface area (Å²) in [5.74, 6) is -1.10. The highest BCUT2D eigenvalue weighted by atomic mass is 35.5. The second-order valence-electron chi connectivity index (χ2n) is 8.11. The molecule has 31 heavy (non-hydrogen) atoms. The molecule has 0 saturated carbocycles. The highest BCUT2D eigenvalue weighted by Gasteiger charge is 2.36. The largest absolute Gasteiger partial charge is 0.339 e. The van der Waals surface area contributed by atoms with Crippen molar-refractivity contribution < 1.29 is 9.59 Å². The molecular formula is C22H26ClN5O3. The highest BCUT2D eigenvalue weighted by molar-refractivity contribution is 6.31. The van der Waals surface area contributed by atoms with E-state index in [0.29, 0.717) is 22.7 Å². The summed E-state index contributed by atoms with van der Waals surface area (Å²) in [6.07, 6.45) is 4.02. The molecule has 9 heteroatoms. The monoisotopic (exact) mass is 443 g/mol. The lowest BCUT2D eigenvalue weighted by Gasteiger charge is -2.36. The number of halogens is 1. The number of amides is 2. The van der Waals surface area contributed by atoms with Crippen LogP contribution in [0.1, 0.15) is 56.1 Å². The maximum absolute atomic E-state index is 13.1. The predicted molar refractivity (Wildman–Crippen MR) is 121 cm³/mol. The minimum atomic E-state index is -0.934. The van der Waals surface area contributed by atoms with Gasteiger partial charge in [-0.1, -0.05) is 24.6 Å². The number of nitrogens with zero attached hydrogens (tertiary/aromatic N) is 2. The van der Waals surface area contributed by atoms with Gasteiger partial charge < -0.3 is 15.5 Å². The van der Waals surface area contributed by atoms with E-state index in [4.69, 9.17) is 11.6 Å². The highest BCUT2D eigenvalue weighted by Crippen LogP contribution is 2.32. The van der Waals surface area contributed by atoms with E-state index in [9.17, 15) is 14.4 Å². The number of carbonyl (C=O) groups is 2. The lowest BCUT2D eigenvalue weighted by atomic mass is 9.92. The summed E-state index contributed by atoms with van der Waals surface area (Å²) in [6, 6.07) is 5.49. The lowest BCUT2D eigenvalue weighted by Crippen LogP contribution is -2.43. The first-order valence-electron chi connectivity index (χ1n) is 10.7. The number of anilines is 3. The second-order valence-corrected chi connectivity index (χ2v) is 8.52. The predicted octanol–water partition coefficient (Wildman–Crippen LogP) is 3.57. The van der Waals surface area contributed by atoms with Crippen LogP contribution in [0.3, 0.4) is 0 Å². The maximum atomic E-state index is 13.1. The summed E-state index contributed by atoms with van der Waals surface area (Å²) in [6.45, 7) is 4.70. The Morgan fingerprint density at radius 3 is 2.90 bits per heavy atom. The Bertz CT molecular complexity index is 1080. The minimum Gasteiger partial charge on any atom is -0.339 e. The topological polar surface area (TPSA) is 107 Å². The number of fused-ring (bicyclic) bond motifs is 1. The first-order valence-corrected chi connectivity index (χ1v) is 11.0. The molecule has 2 aromatic rings. The van der Waals surface area contributed by atoms with Crippen molar-refractivity contribution in [2.45, 2.75) is 57.9 Å². The van der Waals surface area contributed by atoms with E-state index in [2.05, 4.69) is 32.4 Å². The average Bonchev–Trinajstić information content (AvgIpc) is 2.75. The molecule has 0 spiro atoms. The van der Waals surface area contributed by atoms with Gasteiger partial charge in [0.05, 0.1) is 11.5 Å². The second kappa shape index (κ2) is 8.70. The normalized spacial score (nSPS) is 20.7. The van der Waals surface area contributed by atoms with E-state index >= 15 is 0 Å². The molecule has 3 heterocycles. The number of aromatic amines is 1. The molecule has 2 aliphatic heterocycles. The van der Waals surface area contributed by atoms with Crippen molar-refractivity contribution in [1.82, 2.24) is 9.97 Å². The van der Waals surface area contributed by atoms with Crippen molar-refractivity contribution in [2.75, 3.05) is 22.1 Å². The molecule has 3 N–H and O–H groups in total. The van der Waals surface area contributed by atoms with E-state index in [1.165, 1.54) is 0 Å². The van der Waals surface area contributed by atoms with Crippen molar-refractivity contribution in [2.24, 2.45) is 0 Å². The smallest absolute Gasteiger partial charge is 0.258 e. The van der Waals surface area contributed by atoms with Crippen LogP contribution in [0, 0.1) is 6.92 Å². The molecule has 2 aliphatic rings. The summed E-state index contributed by atoms with van der Waals surface area (Å²) >= 11 is 6.14. The lowest BCUT2D eigenvalue weighted by molar-refractivity contribution is -0.123. The third kappa shape index (κ3) is 4.17. The van der Waals surface area contributed by atoms with Crippen LogP contribution in [0.25, 0.3) is 0 Å². The first-order chi connectivity index (χ1) is 14.9. The number of aromatic nitrogens is 2. The summed E-state index contributed by atoms with van der Waals surface area (Å²) in [5.41, 5.74) is 1.05. The van der Waals surface area contributed by atoms with Crippen molar-refractivity contribution in [3.8, 4) is 0 Å². The van der Waals surface area contributed by atoms with Crippen molar-refractivity contribution >= 4 is 40.9 Å². The SMILES string of the molecule is CCC1CCCCN1c1nc2c(c(=O)[nH]1)C(C(=O)Nc1cccc(Cl)c1C)CC(=O)N2. The van der Waals surface area contributed by atoms with Crippen molar-refractivity contribution in [3.05, 3.63) is 44.7 Å². The summed E-state index contributed by atoms with van der Waals surface area (Å²) in [4.78, 5) is 48.0. The zero-order valence-electron chi connectivity index (χ0n) is 17.6. The number of carbonyl (C=O) groups excluding carboxylic acids is 2. The Balaban J connectivity index is 1.67. The number of hydrogen-bond donors (Lipinski definition) is 3. The molecule has 1 aromatic carbocycles. The molecule has 2 amide bonds. The van der Waals surface area contributed by atoms with Gasteiger partial charge >= 0.3 is 0 Å². The van der Waals surface area contributed by atoms with Crippen LogP contribution < -0.4 is 21.1 Å². The fourth-order valence-electron chi connectivity index (χ4n) is 4.39. The van der Waals surface area contributed by atoms with Crippen LogP contribution in [0.2, 0.25) is 5.02 Å². The maximum Gasteiger partial charge on any atom is 0.258 e. The van der Waals surface area contributed by atoms with Crippen LogP contribution in [0.15, 0.2) is 23.0 Å². The molecule has 0 radical (unpaired) electrons. The average molecular weight is 444 g/mol. The van der Waals surface area contributed by atoms with Gasteiger partial charge in [-0.3, -0.25) is 19.4 Å². The molecular weight excluding hydrogens is 418 g/mol. The molecule has 4 rings (SSSR count). The van der Waals surface area contributed by atoms with E-state index in [1.807, 2.05) is 0 Å². The molecule has 0 bridgehead atoms. The molecule has 2 unspecified atom stereocenters. The van der Waals surface area contributed by atoms with Crippen LogP contribution >= 0.6 is 11.6 Å². The van der Waals surface area contributed by atoms with E-state index in [-0.39, 0.29) is 23.7 Å². The van der Waals surface area contributed by atoms with Gasteiger partial charge in [-0.05, 0) is 50.3 Å². The van der Waals surface area contributed by atoms with Crippen molar-refractivity contribution in [3.63, 3.8) is 0 Å². The third-order valence-corrected chi connectivity index (χ3v) is 6.56. The quantitative estimate of drug-likeness (QED) is 0.669. The van der Waals surface area contributed by atoms with Crippen LogP contribution in [-0.4, -0.2) is 34.4 Å². The first kappa shape index (κ1) is 21.4. The van der Waals surface area contributed by atoms with Gasteiger partial charge in [0.2, 0.25) is 17.8 Å². The van der Waals surface area contributed by atoms with Gasteiger partial charge in [-0.15, -0.1) is 0 Å². The van der Waals surface area contributed by atoms with Gasteiger partial charge in [0.25, 0.3) is 5.56 Å². The van der Waals surface area contributed by atoms with Gasteiger partial charge in [-0.2, -0.15) is 4.98 Å². The van der Waals surface area contributed by atoms with E-state index < -0.39 is 17.4 Å². The summed E-state index contributed by atoms with van der Waals surface area (Å²) in [5, 5.41) is 6.02. The Kier molecular flexibility index (Phi) is 6.00. The number of rotatable bonds is 4. The molecule has 8 nitrogen and oxygen atoms in total. The van der Waals surface area contributed by atoms with Gasteiger partial charge in [0.1, 0.15) is 5.82 Å². The molecule has 164 valence electrons. The molecule has 1 fully saturated rings. The Morgan fingerprint density at radius 2 is 2.13 bits per heavy atom. The number of H-pyrrole nitrogens is 1. The van der Waals surface area contributed by atoms with E-state index in [1.54, 1.807) is 25.1 Å². The number of benzene rings is 1. The summed E-state index contributed by atoms with van der Waals surface area (Å²) in [7, 11) is 0. The fraction of sp³-hybridized carbons (Fsp3) is 0.455. The Morgan fingerprint density at radius 1 is 1.32 bits per heavy atom. The van der Waals surface area contributed by atoms with Gasteiger partial charge in [0, 0.05) is 29.7 Å². The van der Waals surface area contributed by atoms with Crippen LogP contribution in [-0.2, 0) is 9.59 Å².